The molecule has 0 unspecified atom stereocenters. The van der Waals surface area contributed by atoms with Crippen LogP contribution in [-0.2, 0) is 0 Å². The van der Waals surface area contributed by atoms with Crippen molar-refractivity contribution in [1.82, 2.24) is 30.3 Å². The average Bonchev–Trinajstić information content (AvgIpc) is 3.31. The van der Waals surface area contributed by atoms with E-state index in [2.05, 4.69) is 25.6 Å². The summed E-state index contributed by atoms with van der Waals surface area (Å²) in [5, 5.41) is 15.8. The number of amides is 1. The number of aryl methyl sites for hydroxylation is 1. The lowest BCUT2D eigenvalue weighted by molar-refractivity contribution is 0.0704. The third kappa shape index (κ3) is 2.95. The van der Waals surface area contributed by atoms with Gasteiger partial charge in [0, 0.05) is 32.2 Å². The second-order valence-electron chi connectivity index (χ2n) is 5.84. The number of piperazine rings is 1. The second kappa shape index (κ2) is 6.34. The number of rotatable bonds is 3. The lowest BCUT2D eigenvalue weighted by Crippen LogP contribution is -2.49. The molecule has 0 radical (unpaired) electrons. The number of benzene rings is 1. The van der Waals surface area contributed by atoms with Crippen LogP contribution >= 0.6 is 0 Å². The molecule has 3 heterocycles. The Morgan fingerprint density at radius 2 is 1.88 bits per heavy atom. The van der Waals surface area contributed by atoms with Gasteiger partial charge in [0.05, 0.1) is 11.4 Å². The van der Waals surface area contributed by atoms with E-state index in [-0.39, 0.29) is 11.7 Å². The molecular formula is C16H17N7O2. The highest BCUT2D eigenvalue weighted by atomic mass is 16.5. The Labute approximate surface area is 143 Å². The molecule has 4 rings (SSSR count). The van der Waals surface area contributed by atoms with E-state index in [0.717, 1.165) is 5.69 Å². The largest absolute Gasteiger partial charge is 0.351 e. The fourth-order valence-electron chi connectivity index (χ4n) is 2.85. The summed E-state index contributed by atoms with van der Waals surface area (Å²) in [7, 11) is 0. The smallest absolute Gasteiger partial charge is 0.292 e. The van der Waals surface area contributed by atoms with Crippen LogP contribution in [0.15, 0.2) is 40.9 Å². The van der Waals surface area contributed by atoms with E-state index < -0.39 is 0 Å². The fraction of sp³-hybridized carbons (Fsp3) is 0.312. The molecule has 1 saturated heterocycles. The third-order valence-electron chi connectivity index (χ3n) is 4.14. The maximum absolute atomic E-state index is 12.4. The van der Waals surface area contributed by atoms with Crippen molar-refractivity contribution in [3.05, 3.63) is 47.9 Å². The highest BCUT2D eigenvalue weighted by Gasteiger charge is 2.27. The lowest BCUT2D eigenvalue weighted by Gasteiger charge is -2.34. The highest BCUT2D eigenvalue weighted by Crippen LogP contribution is 2.18. The van der Waals surface area contributed by atoms with Crippen LogP contribution < -0.4 is 4.90 Å². The number of tetrazole rings is 1. The summed E-state index contributed by atoms with van der Waals surface area (Å²) in [4.78, 5) is 16.3. The molecule has 0 spiro atoms. The van der Waals surface area contributed by atoms with Crippen molar-refractivity contribution in [2.45, 2.75) is 6.92 Å². The van der Waals surface area contributed by atoms with E-state index in [4.69, 9.17) is 4.52 Å². The van der Waals surface area contributed by atoms with E-state index in [9.17, 15) is 4.79 Å². The topological polar surface area (TPSA) is 93.2 Å². The van der Waals surface area contributed by atoms with E-state index in [1.807, 2.05) is 30.3 Å². The summed E-state index contributed by atoms with van der Waals surface area (Å²) in [5.74, 6) is 0.816. The average molecular weight is 339 g/mol. The molecule has 1 aromatic carbocycles. The monoisotopic (exact) mass is 339 g/mol. The van der Waals surface area contributed by atoms with Gasteiger partial charge in [-0.3, -0.25) is 4.79 Å². The molecular weight excluding hydrogens is 322 g/mol. The number of carbonyl (C=O) groups is 1. The maximum Gasteiger partial charge on any atom is 0.292 e. The summed E-state index contributed by atoms with van der Waals surface area (Å²) in [6, 6.07) is 11.4. The van der Waals surface area contributed by atoms with Crippen LogP contribution in [0.5, 0.6) is 0 Å². The number of nitrogens with zero attached hydrogens (tertiary/aromatic N) is 7. The summed E-state index contributed by atoms with van der Waals surface area (Å²) < 4.78 is 6.77. The SMILES string of the molecule is Cc1cc(C(=O)N2CCN(c3nnnn3-c3ccccc3)CC2)on1. The predicted octanol–water partition coefficient (Wildman–Crippen LogP) is 0.921. The van der Waals surface area contributed by atoms with Crippen LogP contribution in [0.3, 0.4) is 0 Å². The van der Waals surface area contributed by atoms with Crippen molar-refractivity contribution in [3.63, 3.8) is 0 Å². The van der Waals surface area contributed by atoms with Gasteiger partial charge in [-0.1, -0.05) is 28.5 Å². The van der Waals surface area contributed by atoms with Gasteiger partial charge in [-0.2, -0.15) is 4.68 Å². The van der Waals surface area contributed by atoms with Crippen LogP contribution in [0.2, 0.25) is 0 Å². The molecule has 1 amide bonds. The highest BCUT2D eigenvalue weighted by molar-refractivity contribution is 5.91. The van der Waals surface area contributed by atoms with Crippen molar-refractivity contribution in [2.75, 3.05) is 31.1 Å². The van der Waals surface area contributed by atoms with Crippen molar-refractivity contribution in [2.24, 2.45) is 0 Å². The second-order valence-corrected chi connectivity index (χ2v) is 5.84. The number of aromatic nitrogens is 5. The zero-order valence-electron chi connectivity index (χ0n) is 13.7. The molecule has 128 valence electrons. The van der Waals surface area contributed by atoms with Gasteiger partial charge in [-0.05, 0) is 29.5 Å². The molecule has 9 nitrogen and oxygen atoms in total. The van der Waals surface area contributed by atoms with Gasteiger partial charge in [-0.25, -0.2) is 0 Å². The molecule has 3 aromatic rings. The van der Waals surface area contributed by atoms with Gasteiger partial charge in [0.25, 0.3) is 5.91 Å². The van der Waals surface area contributed by atoms with E-state index in [0.29, 0.717) is 37.8 Å². The van der Waals surface area contributed by atoms with Crippen molar-refractivity contribution < 1.29 is 9.32 Å². The van der Waals surface area contributed by atoms with Crippen LogP contribution in [-0.4, -0.2) is 62.4 Å². The minimum absolute atomic E-state index is 0.136. The molecule has 0 atom stereocenters. The Kier molecular flexibility index (Phi) is 3.88. The molecule has 9 heteroatoms. The number of para-hydroxylation sites is 1. The number of hydrogen-bond donors (Lipinski definition) is 0. The quantitative estimate of drug-likeness (QED) is 0.700. The third-order valence-corrected chi connectivity index (χ3v) is 4.14. The van der Waals surface area contributed by atoms with Crippen molar-refractivity contribution in [1.29, 1.82) is 0 Å². The molecule has 2 aromatic heterocycles. The van der Waals surface area contributed by atoms with Crippen LogP contribution in [0.25, 0.3) is 5.69 Å². The van der Waals surface area contributed by atoms with Crippen LogP contribution in [0.4, 0.5) is 5.95 Å². The summed E-state index contributed by atoms with van der Waals surface area (Å²) in [6.45, 7) is 4.22. The van der Waals surface area contributed by atoms with Gasteiger partial charge in [0.1, 0.15) is 0 Å². The lowest BCUT2D eigenvalue weighted by atomic mass is 10.3. The first kappa shape index (κ1) is 15.3. The van der Waals surface area contributed by atoms with Gasteiger partial charge < -0.3 is 14.3 Å². The van der Waals surface area contributed by atoms with Crippen molar-refractivity contribution >= 4 is 11.9 Å². The Morgan fingerprint density at radius 3 is 2.56 bits per heavy atom. The first-order chi connectivity index (χ1) is 12.2. The first-order valence-corrected chi connectivity index (χ1v) is 8.04. The molecule has 0 N–H and O–H groups in total. The molecule has 0 aliphatic carbocycles. The zero-order chi connectivity index (χ0) is 17.2. The van der Waals surface area contributed by atoms with Crippen LogP contribution in [0.1, 0.15) is 16.2 Å². The van der Waals surface area contributed by atoms with Crippen molar-refractivity contribution in [3.8, 4) is 5.69 Å². The normalized spacial score (nSPS) is 14.8. The van der Waals surface area contributed by atoms with E-state index in [1.165, 1.54) is 0 Å². The molecule has 25 heavy (non-hydrogen) atoms. The van der Waals surface area contributed by atoms with Gasteiger partial charge in [-0.15, -0.1) is 0 Å². The van der Waals surface area contributed by atoms with Gasteiger partial charge >= 0.3 is 0 Å². The van der Waals surface area contributed by atoms with Gasteiger partial charge in [0.15, 0.2) is 0 Å². The predicted molar refractivity (Wildman–Crippen MR) is 88.5 cm³/mol. The molecule has 0 bridgehead atoms. The summed E-state index contributed by atoms with van der Waals surface area (Å²) in [6.07, 6.45) is 0. The summed E-state index contributed by atoms with van der Waals surface area (Å²) in [5.41, 5.74) is 1.60. The Bertz CT molecular complexity index is 866. The standard InChI is InChI=1S/C16H17N7O2/c1-12-11-14(25-18-12)15(24)21-7-9-22(10-8-21)16-17-19-20-23(16)13-5-3-2-4-6-13/h2-6,11H,7-10H2,1H3. The molecule has 0 saturated carbocycles. The Hall–Kier alpha value is -3.23. The molecule has 1 aliphatic heterocycles. The fourth-order valence-corrected chi connectivity index (χ4v) is 2.85. The van der Waals surface area contributed by atoms with E-state index >= 15 is 0 Å². The minimum Gasteiger partial charge on any atom is -0.351 e. The number of hydrogen-bond acceptors (Lipinski definition) is 7. The maximum atomic E-state index is 12.4. The van der Waals surface area contributed by atoms with E-state index in [1.54, 1.807) is 22.6 Å². The number of anilines is 1. The number of carbonyl (C=O) groups excluding carboxylic acids is 1. The summed E-state index contributed by atoms with van der Waals surface area (Å²) >= 11 is 0. The van der Waals surface area contributed by atoms with Crippen LogP contribution in [0, 0.1) is 6.92 Å². The Balaban J connectivity index is 1.46. The zero-order valence-corrected chi connectivity index (χ0v) is 13.7. The minimum atomic E-state index is -0.136. The van der Waals surface area contributed by atoms with Gasteiger partial charge in [0.2, 0.25) is 11.7 Å². The molecule has 1 aliphatic rings. The first-order valence-electron chi connectivity index (χ1n) is 8.04. The Morgan fingerprint density at radius 1 is 1.12 bits per heavy atom. The molecule has 1 fully saturated rings.